The van der Waals surface area contributed by atoms with E-state index in [1.807, 2.05) is 62.4 Å². The molecule has 0 aliphatic heterocycles. The molecule has 168 valence electrons. The molecule has 0 aliphatic rings. The SMILES string of the molecule is Cc1cccc(C)c1NC(=O)CNC(=O)Cn1c(-c2cccc(Cl)c2Cl)nc2ccccc21. The van der Waals surface area contributed by atoms with Crippen LogP contribution in [-0.2, 0) is 16.1 Å². The van der Waals surface area contributed by atoms with Crippen molar-refractivity contribution in [3.63, 3.8) is 0 Å². The number of imidazole rings is 1. The van der Waals surface area contributed by atoms with Gasteiger partial charge in [0.1, 0.15) is 12.4 Å². The Morgan fingerprint density at radius 1 is 0.909 bits per heavy atom. The van der Waals surface area contributed by atoms with Gasteiger partial charge in [-0.15, -0.1) is 0 Å². The third-order valence-electron chi connectivity index (χ3n) is 5.34. The molecular weight excluding hydrogens is 459 g/mol. The lowest BCUT2D eigenvalue weighted by Crippen LogP contribution is -2.35. The lowest BCUT2D eigenvalue weighted by Gasteiger charge is -2.13. The summed E-state index contributed by atoms with van der Waals surface area (Å²) in [4.78, 5) is 29.9. The fraction of sp³-hybridized carbons (Fsp3) is 0.160. The molecule has 2 amide bonds. The van der Waals surface area contributed by atoms with Crippen LogP contribution in [0.3, 0.4) is 0 Å². The summed E-state index contributed by atoms with van der Waals surface area (Å²) in [6, 6.07) is 18.6. The minimum atomic E-state index is -0.325. The summed E-state index contributed by atoms with van der Waals surface area (Å²) in [5, 5.41) is 6.33. The van der Waals surface area contributed by atoms with E-state index >= 15 is 0 Å². The molecule has 2 N–H and O–H groups in total. The number of rotatable bonds is 6. The van der Waals surface area contributed by atoms with Gasteiger partial charge in [-0.25, -0.2) is 4.98 Å². The van der Waals surface area contributed by atoms with Crippen molar-refractivity contribution >= 4 is 51.7 Å². The van der Waals surface area contributed by atoms with Crippen molar-refractivity contribution in [3.8, 4) is 11.4 Å². The van der Waals surface area contributed by atoms with E-state index in [1.54, 1.807) is 16.7 Å². The zero-order valence-corrected chi connectivity index (χ0v) is 19.7. The average molecular weight is 481 g/mol. The summed E-state index contributed by atoms with van der Waals surface area (Å²) in [6.45, 7) is 3.67. The van der Waals surface area contributed by atoms with Crippen molar-refractivity contribution in [2.75, 3.05) is 11.9 Å². The van der Waals surface area contributed by atoms with E-state index in [2.05, 4.69) is 15.6 Å². The molecule has 8 heteroatoms. The number of para-hydroxylation sites is 3. The highest BCUT2D eigenvalue weighted by Crippen LogP contribution is 2.34. The van der Waals surface area contributed by atoms with Crippen molar-refractivity contribution < 1.29 is 9.59 Å². The Kier molecular flexibility index (Phi) is 6.67. The maximum atomic E-state index is 12.8. The largest absolute Gasteiger partial charge is 0.345 e. The summed E-state index contributed by atoms with van der Waals surface area (Å²) >= 11 is 12.6. The highest BCUT2D eigenvalue weighted by Gasteiger charge is 2.18. The van der Waals surface area contributed by atoms with Crippen LogP contribution in [0.2, 0.25) is 10.0 Å². The van der Waals surface area contributed by atoms with Crippen LogP contribution in [-0.4, -0.2) is 27.9 Å². The number of nitrogens with one attached hydrogen (secondary N) is 2. The predicted molar refractivity (Wildman–Crippen MR) is 133 cm³/mol. The zero-order valence-electron chi connectivity index (χ0n) is 18.2. The number of anilines is 1. The van der Waals surface area contributed by atoms with Gasteiger partial charge < -0.3 is 15.2 Å². The summed E-state index contributed by atoms with van der Waals surface area (Å²) in [6.07, 6.45) is 0. The van der Waals surface area contributed by atoms with E-state index < -0.39 is 0 Å². The Morgan fingerprint density at radius 2 is 1.61 bits per heavy atom. The third kappa shape index (κ3) is 4.87. The maximum absolute atomic E-state index is 12.8. The first-order valence-corrected chi connectivity index (χ1v) is 11.1. The van der Waals surface area contributed by atoms with Crippen molar-refractivity contribution in [2.24, 2.45) is 0 Å². The maximum Gasteiger partial charge on any atom is 0.243 e. The smallest absolute Gasteiger partial charge is 0.243 e. The van der Waals surface area contributed by atoms with Gasteiger partial charge in [-0.1, -0.05) is 59.6 Å². The van der Waals surface area contributed by atoms with Gasteiger partial charge in [0.25, 0.3) is 0 Å². The van der Waals surface area contributed by atoms with E-state index in [4.69, 9.17) is 23.2 Å². The first kappa shape index (κ1) is 22.8. The quantitative estimate of drug-likeness (QED) is 0.388. The number of benzene rings is 3. The Bertz CT molecular complexity index is 1340. The fourth-order valence-electron chi connectivity index (χ4n) is 3.69. The molecule has 0 fully saturated rings. The predicted octanol–water partition coefficient (Wildman–Crippen LogP) is 5.38. The lowest BCUT2D eigenvalue weighted by atomic mass is 10.1. The van der Waals surface area contributed by atoms with Crippen molar-refractivity contribution in [1.82, 2.24) is 14.9 Å². The number of aromatic nitrogens is 2. The van der Waals surface area contributed by atoms with Gasteiger partial charge in [0, 0.05) is 11.3 Å². The van der Waals surface area contributed by atoms with Gasteiger partial charge in [-0.2, -0.15) is 0 Å². The molecule has 0 saturated carbocycles. The first-order valence-electron chi connectivity index (χ1n) is 10.4. The van der Waals surface area contributed by atoms with Gasteiger partial charge >= 0.3 is 0 Å². The Labute approximate surface area is 201 Å². The molecule has 3 aromatic carbocycles. The van der Waals surface area contributed by atoms with Crippen LogP contribution in [0.15, 0.2) is 60.7 Å². The van der Waals surface area contributed by atoms with Crippen LogP contribution in [0.1, 0.15) is 11.1 Å². The number of amides is 2. The topological polar surface area (TPSA) is 76.0 Å². The lowest BCUT2D eigenvalue weighted by molar-refractivity contribution is -0.124. The number of fused-ring (bicyclic) bond motifs is 1. The first-order chi connectivity index (χ1) is 15.8. The van der Waals surface area contributed by atoms with E-state index in [0.717, 1.165) is 27.8 Å². The van der Waals surface area contributed by atoms with Crippen molar-refractivity contribution in [2.45, 2.75) is 20.4 Å². The molecule has 0 spiro atoms. The molecule has 0 aliphatic carbocycles. The molecule has 1 heterocycles. The fourth-order valence-corrected chi connectivity index (χ4v) is 4.08. The van der Waals surface area contributed by atoms with Crippen LogP contribution in [0.25, 0.3) is 22.4 Å². The summed E-state index contributed by atoms with van der Waals surface area (Å²) in [5.74, 6) is -0.0950. The molecule has 6 nitrogen and oxygen atoms in total. The van der Waals surface area contributed by atoms with Crippen molar-refractivity contribution in [1.29, 1.82) is 0 Å². The molecule has 0 unspecified atom stereocenters. The highest BCUT2D eigenvalue weighted by molar-refractivity contribution is 6.43. The van der Waals surface area contributed by atoms with Crippen LogP contribution < -0.4 is 10.6 Å². The number of carbonyl (C=O) groups is 2. The highest BCUT2D eigenvalue weighted by atomic mass is 35.5. The molecule has 1 aromatic heterocycles. The standard InChI is InChI=1S/C25H22Cl2N4O2/c1-15-7-5-8-16(2)24(15)30-21(32)13-28-22(33)14-31-20-12-4-3-11-19(20)29-25(31)17-9-6-10-18(26)23(17)27/h3-12H,13-14H2,1-2H3,(H,28,33)(H,30,32). The van der Waals surface area contributed by atoms with Crippen LogP contribution in [0.4, 0.5) is 5.69 Å². The summed E-state index contributed by atoms with van der Waals surface area (Å²) in [7, 11) is 0. The minimum absolute atomic E-state index is 0.0324. The van der Waals surface area contributed by atoms with Gasteiger partial charge in [0.15, 0.2) is 0 Å². The van der Waals surface area contributed by atoms with E-state index in [0.29, 0.717) is 21.4 Å². The number of aryl methyl sites for hydroxylation is 2. The normalized spacial score (nSPS) is 10.9. The van der Waals surface area contributed by atoms with Crippen molar-refractivity contribution in [3.05, 3.63) is 81.8 Å². The second kappa shape index (κ2) is 9.65. The van der Waals surface area contributed by atoms with Crippen LogP contribution in [0.5, 0.6) is 0 Å². The van der Waals surface area contributed by atoms with Gasteiger partial charge in [-0.3, -0.25) is 9.59 Å². The number of hydrogen-bond acceptors (Lipinski definition) is 3. The number of halogens is 2. The molecule has 4 aromatic rings. The average Bonchev–Trinajstić information content (AvgIpc) is 3.15. The Morgan fingerprint density at radius 3 is 2.36 bits per heavy atom. The van der Waals surface area contributed by atoms with E-state index in [1.165, 1.54) is 0 Å². The monoisotopic (exact) mass is 480 g/mol. The van der Waals surface area contributed by atoms with Gasteiger partial charge in [-0.05, 0) is 49.2 Å². The van der Waals surface area contributed by atoms with E-state index in [-0.39, 0.29) is 24.9 Å². The van der Waals surface area contributed by atoms with E-state index in [9.17, 15) is 9.59 Å². The summed E-state index contributed by atoms with van der Waals surface area (Å²) in [5.41, 5.74) is 4.81. The van der Waals surface area contributed by atoms with Crippen LogP contribution >= 0.6 is 23.2 Å². The molecule has 0 atom stereocenters. The molecule has 33 heavy (non-hydrogen) atoms. The second-order valence-electron chi connectivity index (χ2n) is 7.70. The van der Waals surface area contributed by atoms with Crippen LogP contribution in [0, 0.1) is 13.8 Å². The molecule has 0 bridgehead atoms. The summed E-state index contributed by atoms with van der Waals surface area (Å²) < 4.78 is 1.77. The molecule has 0 radical (unpaired) electrons. The molecular formula is C25H22Cl2N4O2. The molecule has 0 saturated heterocycles. The molecule has 4 rings (SSSR count). The Balaban J connectivity index is 1.53. The number of hydrogen-bond donors (Lipinski definition) is 2. The second-order valence-corrected chi connectivity index (χ2v) is 8.49. The zero-order chi connectivity index (χ0) is 23.5. The third-order valence-corrected chi connectivity index (χ3v) is 6.16. The number of carbonyl (C=O) groups excluding carboxylic acids is 2. The van der Waals surface area contributed by atoms with Gasteiger partial charge in [0.2, 0.25) is 11.8 Å². The van der Waals surface area contributed by atoms with Gasteiger partial charge in [0.05, 0.1) is 27.6 Å². The number of nitrogens with zero attached hydrogens (tertiary/aromatic N) is 2. The minimum Gasteiger partial charge on any atom is -0.345 e. The Hall–Kier alpha value is -3.35.